The molecule has 0 saturated heterocycles. The van der Waals surface area contributed by atoms with Gasteiger partial charge in [-0.2, -0.15) is 0 Å². The number of hydrogen-bond acceptors (Lipinski definition) is 3. The summed E-state index contributed by atoms with van der Waals surface area (Å²) in [6.45, 7) is 1.81. The Hall–Kier alpha value is -2.72. The number of carbonyl (C=O) groups excluding carboxylic acids is 1. The summed E-state index contributed by atoms with van der Waals surface area (Å²) in [4.78, 5) is 16.2. The van der Waals surface area contributed by atoms with E-state index in [1.54, 1.807) is 17.4 Å². The Morgan fingerprint density at radius 3 is 2.48 bits per heavy atom. The molecule has 2 aromatic carbocycles. The van der Waals surface area contributed by atoms with E-state index in [0.717, 1.165) is 27.5 Å². The number of benzene rings is 2. The number of hydrogen-bond donors (Lipinski definition) is 1. The first kappa shape index (κ1) is 15.2. The Bertz CT molecular complexity index is 820. The molecule has 0 saturated carbocycles. The maximum Gasteiger partial charge on any atom is 0.248 e. The highest BCUT2D eigenvalue weighted by molar-refractivity contribution is 7.13. The number of rotatable bonds is 4. The fourth-order valence-electron chi connectivity index (χ4n) is 2.18. The van der Waals surface area contributed by atoms with Crippen molar-refractivity contribution < 1.29 is 4.79 Å². The van der Waals surface area contributed by atoms with Crippen LogP contribution >= 0.6 is 11.3 Å². The fraction of sp³-hybridized carbons (Fsp3) is 0.0526. The molecule has 1 aromatic heterocycles. The second-order valence-electron chi connectivity index (χ2n) is 4.97. The Kier molecular flexibility index (Phi) is 4.64. The van der Waals surface area contributed by atoms with Crippen LogP contribution in [0.4, 0.5) is 5.69 Å². The van der Waals surface area contributed by atoms with Crippen molar-refractivity contribution in [2.45, 2.75) is 6.92 Å². The molecule has 3 aromatic rings. The third-order valence-electron chi connectivity index (χ3n) is 3.29. The summed E-state index contributed by atoms with van der Waals surface area (Å²) in [7, 11) is 0. The highest BCUT2D eigenvalue weighted by atomic mass is 32.1. The standard InChI is InChI=1S/C19H16N2OS/c1-2-6-18(22)20-16-11-9-14(10-12-16)17-13-23-19(21-17)15-7-4-3-5-8-15/h2-13H,1H3,(H,20,22)/b6-2+. The third kappa shape index (κ3) is 3.73. The lowest BCUT2D eigenvalue weighted by Crippen LogP contribution is -2.07. The number of thiazole rings is 1. The zero-order chi connectivity index (χ0) is 16.1. The number of allylic oxidation sites excluding steroid dienone is 1. The van der Waals surface area contributed by atoms with E-state index in [0.29, 0.717) is 0 Å². The second kappa shape index (κ2) is 7.03. The lowest BCUT2D eigenvalue weighted by Gasteiger charge is -2.03. The van der Waals surface area contributed by atoms with Crippen molar-refractivity contribution in [3.8, 4) is 21.8 Å². The summed E-state index contributed by atoms with van der Waals surface area (Å²) >= 11 is 1.63. The van der Waals surface area contributed by atoms with Gasteiger partial charge < -0.3 is 5.32 Å². The molecule has 1 heterocycles. The van der Waals surface area contributed by atoms with E-state index >= 15 is 0 Å². The molecule has 1 N–H and O–H groups in total. The SMILES string of the molecule is C/C=C/C(=O)Nc1ccc(-c2csc(-c3ccccc3)n2)cc1. The highest BCUT2D eigenvalue weighted by Gasteiger charge is 2.06. The number of carbonyl (C=O) groups is 1. The first-order valence-electron chi connectivity index (χ1n) is 7.31. The second-order valence-corrected chi connectivity index (χ2v) is 5.83. The molecule has 114 valence electrons. The van der Waals surface area contributed by atoms with Crippen molar-refractivity contribution >= 4 is 22.9 Å². The molecule has 0 unspecified atom stereocenters. The summed E-state index contributed by atoms with van der Waals surface area (Å²) in [5.74, 6) is -0.125. The minimum absolute atomic E-state index is 0.125. The molecule has 3 nitrogen and oxygen atoms in total. The van der Waals surface area contributed by atoms with E-state index < -0.39 is 0 Å². The molecule has 0 bridgehead atoms. The summed E-state index contributed by atoms with van der Waals surface area (Å²) < 4.78 is 0. The molecule has 23 heavy (non-hydrogen) atoms. The van der Waals surface area contributed by atoms with Gasteiger partial charge in [-0.3, -0.25) is 4.79 Å². The van der Waals surface area contributed by atoms with Gasteiger partial charge in [0, 0.05) is 22.2 Å². The number of anilines is 1. The Balaban J connectivity index is 1.78. The smallest absolute Gasteiger partial charge is 0.248 e. The average molecular weight is 320 g/mol. The minimum atomic E-state index is -0.125. The van der Waals surface area contributed by atoms with E-state index in [4.69, 9.17) is 4.98 Å². The molecule has 0 atom stereocenters. The van der Waals surface area contributed by atoms with Crippen LogP contribution in [0.2, 0.25) is 0 Å². The minimum Gasteiger partial charge on any atom is -0.323 e. The van der Waals surface area contributed by atoms with Crippen LogP contribution in [0.1, 0.15) is 6.92 Å². The molecular weight excluding hydrogens is 304 g/mol. The van der Waals surface area contributed by atoms with Crippen molar-refractivity contribution in [1.82, 2.24) is 4.98 Å². The van der Waals surface area contributed by atoms with Crippen LogP contribution in [0.5, 0.6) is 0 Å². The molecule has 3 rings (SSSR count). The van der Waals surface area contributed by atoms with Crippen LogP contribution in [0.25, 0.3) is 21.8 Å². The zero-order valence-corrected chi connectivity index (χ0v) is 13.5. The highest BCUT2D eigenvalue weighted by Crippen LogP contribution is 2.29. The first-order chi connectivity index (χ1) is 11.3. The number of aromatic nitrogens is 1. The first-order valence-corrected chi connectivity index (χ1v) is 8.19. The van der Waals surface area contributed by atoms with E-state index in [9.17, 15) is 4.79 Å². The summed E-state index contributed by atoms with van der Waals surface area (Å²) in [5, 5.41) is 5.87. The lowest BCUT2D eigenvalue weighted by atomic mass is 10.1. The van der Waals surface area contributed by atoms with E-state index in [1.165, 1.54) is 6.08 Å². The molecule has 0 aliphatic rings. The van der Waals surface area contributed by atoms with Crippen LogP contribution in [0.15, 0.2) is 72.1 Å². The molecule has 4 heteroatoms. The Morgan fingerprint density at radius 2 is 1.78 bits per heavy atom. The van der Waals surface area contributed by atoms with Crippen molar-refractivity contribution in [3.05, 3.63) is 72.1 Å². The van der Waals surface area contributed by atoms with Crippen LogP contribution < -0.4 is 5.32 Å². The van der Waals surface area contributed by atoms with Gasteiger partial charge in [-0.1, -0.05) is 48.5 Å². The van der Waals surface area contributed by atoms with Crippen molar-refractivity contribution in [2.75, 3.05) is 5.32 Å². The van der Waals surface area contributed by atoms with Gasteiger partial charge in [0.05, 0.1) is 5.69 Å². The topological polar surface area (TPSA) is 42.0 Å². The van der Waals surface area contributed by atoms with Crippen LogP contribution in [-0.4, -0.2) is 10.9 Å². The largest absolute Gasteiger partial charge is 0.323 e. The maximum atomic E-state index is 11.5. The Morgan fingerprint density at radius 1 is 1.04 bits per heavy atom. The molecule has 0 spiro atoms. The normalized spacial score (nSPS) is 10.8. The van der Waals surface area contributed by atoms with Crippen molar-refractivity contribution in [3.63, 3.8) is 0 Å². The van der Waals surface area contributed by atoms with Crippen LogP contribution in [0.3, 0.4) is 0 Å². The number of nitrogens with one attached hydrogen (secondary N) is 1. The summed E-state index contributed by atoms with van der Waals surface area (Å²) in [6, 6.07) is 17.8. The quantitative estimate of drug-likeness (QED) is 0.688. The van der Waals surface area contributed by atoms with Gasteiger partial charge in [0.25, 0.3) is 0 Å². The van der Waals surface area contributed by atoms with Gasteiger partial charge in [-0.25, -0.2) is 4.98 Å². The molecule has 0 radical (unpaired) electrons. The third-order valence-corrected chi connectivity index (χ3v) is 4.18. The van der Waals surface area contributed by atoms with E-state index in [1.807, 2.05) is 49.4 Å². The molecule has 1 amide bonds. The van der Waals surface area contributed by atoms with Crippen LogP contribution in [-0.2, 0) is 4.79 Å². The monoisotopic (exact) mass is 320 g/mol. The maximum absolute atomic E-state index is 11.5. The Labute approximate surface area is 139 Å². The summed E-state index contributed by atoms with van der Waals surface area (Å²) in [5.41, 5.74) is 3.88. The van der Waals surface area contributed by atoms with E-state index in [-0.39, 0.29) is 5.91 Å². The lowest BCUT2D eigenvalue weighted by molar-refractivity contribution is -0.111. The van der Waals surface area contributed by atoms with Gasteiger partial charge in [0.2, 0.25) is 5.91 Å². The molecular formula is C19H16N2OS. The zero-order valence-electron chi connectivity index (χ0n) is 12.7. The van der Waals surface area contributed by atoms with E-state index in [2.05, 4.69) is 22.8 Å². The molecule has 0 fully saturated rings. The average Bonchev–Trinajstić information content (AvgIpc) is 3.07. The molecule has 0 aliphatic heterocycles. The van der Waals surface area contributed by atoms with Gasteiger partial charge in [0.15, 0.2) is 0 Å². The van der Waals surface area contributed by atoms with Gasteiger partial charge in [-0.05, 0) is 25.1 Å². The fourth-order valence-corrected chi connectivity index (χ4v) is 3.01. The predicted molar refractivity (Wildman–Crippen MR) is 96.4 cm³/mol. The van der Waals surface area contributed by atoms with Gasteiger partial charge >= 0.3 is 0 Å². The van der Waals surface area contributed by atoms with Crippen LogP contribution in [0, 0.1) is 0 Å². The van der Waals surface area contributed by atoms with Gasteiger partial charge in [-0.15, -0.1) is 11.3 Å². The predicted octanol–water partition coefficient (Wildman–Crippen LogP) is 4.99. The number of amides is 1. The number of nitrogens with zero attached hydrogens (tertiary/aromatic N) is 1. The van der Waals surface area contributed by atoms with Gasteiger partial charge in [0.1, 0.15) is 5.01 Å². The van der Waals surface area contributed by atoms with Crippen molar-refractivity contribution in [1.29, 1.82) is 0 Å². The van der Waals surface area contributed by atoms with Crippen molar-refractivity contribution in [2.24, 2.45) is 0 Å². The summed E-state index contributed by atoms with van der Waals surface area (Å²) in [6.07, 6.45) is 3.21. The molecule has 0 aliphatic carbocycles.